The molecule has 114 valence electrons. The molecular formula is C15H19BrN2O3. The molecule has 0 saturated carbocycles. The smallest absolute Gasteiger partial charge is 0.269 e. The van der Waals surface area contributed by atoms with Crippen molar-refractivity contribution in [2.45, 2.75) is 33.1 Å². The third kappa shape index (κ3) is 2.95. The molecule has 1 heterocycles. The monoisotopic (exact) mass is 354 g/mol. The maximum atomic E-state index is 12.3. The number of anilines is 1. The summed E-state index contributed by atoms with van der Waals surface area (Å²) in [4.78, 5) is 24.5. The fourth-order valence-electron chi connectivity index (χ4n) is 2.70. The first-order valence-electron chi connectivity index (χ1n) is 7.10. The zero-order chi connectivity index (χ0) is 15.6. The largest absolute Gasteiger partial charge is 0.311 e. The number of alkyl halides is 1. The second-order valence-corrected chi connectivity index (χ2v) is 6.13. The zero-order valence-electron chi connectivity index (χ0n) is 12.3. The number of benzene rings is 1. The van der Waals surface area contributed by atoms with E-state index in [1.165, 1.54) is 12.1 Å². The van der Waals surface area contributed by atoms with E-state index < -0.39 is 4.92 Å². The Balaban J connectivity index is 2.32. The van der Waals surface area contributed by atoms with Crippen LogP contribution in [0.5, 0.6) is 0 Å². The molecule has 1 aliphatic heterocycles. The van der Waals surface area contributed by atoms with E-state index in [4.69, 9.17) is 0 Å². The number of nitro groups is 1. The zero-order valence-corrected chi connectivity index (χ0v) is 13.9. The first-order valence-corrected chi connectivity index (χ1v) is 8.22. The predicted molar refractivity (Wildman–Crippen MR) is 86.0 cm³/mol. The van der Waals surface area contributed by atoms with Crippen molar-refractivity contribution in [1.29, 1.82) is 0 Å². The Labute approximate surface area is 132 Å². The van der Waals surface area contributed by atoms with E-state index in [1.54, 1.807) is 11.0 Å². The average Bonchev–Trinajstić information content (AvgIpc) is 2.79. The molecule has 0 radical (unpaired) electrons. The highest BCUT2D eigenvalue weighted by molar-refractivity contribution is 9.09. The minimum Gasteiger partial charge on any atom is -0.311 e. The number of nitrogens with zero attached hydrogens (tertiary/aromatic N) is 2. The van der Waals surface area contributed by atoms with Crippen molar-refractivity contribution in [3.63, 3.8) is 0 Å². The molecule has 1 aromatic carbocycles. The summed E-state index contributed by atoms with van der Waals surface area (Å²) < 4.78 is 0. The summed E-state index contributed by atoms with van der Waals surface area (Å²) in [5.74, 6) is 0.0257. The summed E-state index contributed by atoms with van der Waals surface area (Å²) in [6.45, 7) is 4.90. The van der Waals surface area contributed by atoms with E-state index in [9.17, 15) is 14.9 Å². The summed E-state index contributed by atoms with van der Waals surface area (Å²) in [5, 5.41) is 11.7. The van der Waals surface area contributed by atoms with Crippen LogP contribution in [0.4, 0.5) is 11.4 Å². The van der Waals surface area contributed by atoms with Gasteiger partial charge in [0, 0.05) is 29.7 Å². The summed E-state index contributed by atoms with van der Waals surface area (Å²) in [5.41, 5.74) is 1.66. The molecule has 0 atom stereocenters. The van der Waals surface area contributed by atoms with Crippen LogP contribution in [0.3, 0.4) is 0 Å². The van der Waals surface area contributed by atoms with Crippen molar-refractivity contribution in [2.24, 2.45) is 5.41 Å². The lowest BCUT2D eigenvalue weighted by molar-refractivity contribution is -0.384. The van der Waals surface area contributed by atoms with Gasteiger partial charge in [-0.15, -0.1) is 0 Å². The van der Waals surface area contributed by atoms with Gasteiger partial charge in [0.25, 0.3) is 5.69 Å². The summed E-state index contributed by atoms with van der Waals surface area (Å²) >= 11 is 3.56. The first-order chi connectivity index (χ1) is 9.96. The number of non-ortho nitro benzene ring substituents is 1. The van der Waals surface area contributed by atoms with Crippen LogP contribution in [0.2, 0.25) is 0 Å². The Bertz CT molecular complexity index is 562. The second kappa shape index (κ2) is 6.13. The molecule has 1 aromatic rings. The number of hydrogen-bond donors (Lipinski definition) is 0. The molecule has 0 spiro atoms. The van der Waals surface area contributed by atoms with E-state index in [2.05, 4.69) is 29.8 Å². The molecule has 5 nitrogen and oxygen atoms in total. The standard InChI is InChI=1S/C15H19BrN2O3/c1-3-15(4-2,9-16)10-17-13-6-5-12(18(20)21)7-11(13)8-14(17)19/h5-7H,3-4,8-10H2,1-2H3. The number of hydrogen-bond acceptors (Lipinski definition) is 3. The topological polar surface area (TPSA) is 63.5 Å². The fraction of sp³-hybridized carbons (Fsp3) is 0.533. The number of carbonyl (C=O) groups is 1. The Morgan fingerprint density at radius 3 is 2.57 bits per heavy atom. The fourth-order valence-corrected chi connectivity index (χ4v) is 3.67. The molecule has 2 rings (SSSR count). The third-order valence-corrected chi connectivity index (χ3v) is 5.67. The Morgan fingerprint density at radius 2 is 2.05 bits per heavy atom. The predicted octanol–water partition coefficient (Wildman–Crippen LogP) is 3.69. The van der Waals surface area contributed by atoms with Crippen LogP contribution in [0.1, 0.15) is 32.3 Å². The Kier molecular flexibility index (Phi) is 4.66. The van der Waals surface area contributed by atoms with Crippen molar-refractivity contribution >= 4 is 33.2 Å². The minimum atomic E-state index is -0.422. The molecule has 0 N–H and O–H groups in total. The maximum Gasteiger partial charge on any atom is 0.269 e. The molecule has 0 fully saturated rings. The van der Waals surface area contributed by atoms with Crippen LogP contribution in [-0.2, 0) is 11.2 Å². The first kappa shape index (κ1) is 15.9. The lowest BCUT2D eigenvalue weighted by Crippen LogP contribution is -2.40. The number of rotatable bonds is 6. The van der Waals surface area contributed by atoms with E-state index in [0.29, 0.717) is 6.54 Å². The summed E-state index contributed by atoms with van der Waals surface area (Å²) in [7, 11) is 0. The lowest BCUT2D eigenvalue weighted by atomic mass is 9.84. The number of fused-ring (bicyclic) bond motifs is 1. The SMILES string of the molecule is CCC(CC)(CBr)CN1C(=O)Cc2cc([N+](=O)[O-])ccc21. The van der Waals surface area contributed by atoms with Crippen LogP contribution in [0, 0.1) is 15.5 Å². The molecule has 0 aliphatic carbocycles. The van der Waals surface area contributed by atoms with Gasteiger partial charge in [-0.2, -0.15) is 0 Å². The molecule has 1 aliphatic rings. The summed E-state index contributed by atoms with van der Waals surface area (Å²) in [6, 6.07) is 4.68. The summed E-state index contributed by atoms with van der Waals surface area (Å²) in [6.07, 6.45) is 2.20. The van der Waals surface area contributed by atoms with Gasteiger partial charge in [0.15, 0.2) is 0 Å². The molecule has 21 heavy (non-hydrogen) atoms. The molecule has 0 aromatic heterocycles. The van der Waals surface area contributed by atoms with Gasteiger partial charge in [-0.1, -0.05) is 29.8 Å². The second-order valence-electron chi connectivity index (χ2n) is 5.57. The van der Waals surface area contributed by atoms with Crippen LogP contribution in [0.25, 0.3) is 0 Å². The van der Waals surface area contributed by atoms with Gasteiger partial charge in [-0.25, -0.2) is 0 Å². The molecule has 0 unspecified atom stereocenters. The number of nitro benzene ring substituents is 1. The van der Waals surface area contributed by atoms with Crippen LogP contribution in [0.15, 0.2) is 18.2 Å². The quantitative estimate of drug-likeness (QED) is 0.444. The van der Waals surface area contributed by atoms with Gasteiger partial charge in [0.05, 0.1) is 11.3 Å². The van der Waals surface area contributed by atoms with Gasteiger partial charge in [0.2, 0.25) is 5.91 Å². The number of carbonyl (C=O) groups excluding carboxylic acids is 1. The molecular weight excluding hydrogens is 336 g/mol. The highest BCUT2D eigenvalue weighted by atomic mass is 79.9. The Morgan fingerprint density at radius 1 is 1.38 bits per heavy atom. The van der Waals surface area contributed by atoms with E-state index in [0.717, 1.165) is 29.4 Å². The normalized spacial score (nSPS) is 14.4. The highest BCUT2D eigenvalue weighted by Crippen LogP contribution is 2.37. The van der Waals surface area contributed by atoms with Crippen molar-refractivity contribution in [2.75, 3.05) is 16.8 Å². The number of halogens is 1. The minimum absolute atomic E-state index is 0.0257. The molecule has 0 saturated heterocycles. The highest BCUT2D eigenvalue weighted by Gasteiger charge is 2.35. The van der Waals surface area contributed by atoms with Gasteiger partial charge < -0.3 is 4.90 Å². The third-order valence-electron chi connectivity index (χ3n) is 4.48. The number of amides is 1. The van der Waals surface area contributed by atoms with E-state index in [1.807, 2.05) is 0 Å². The van der Waals surface area contributed by atoms with Gasteiger partial charge in [-0.3, -0.25) is 14.9 Å². The van der Waals surface area contributed by atoms with E-state index in [-0.39, 0.29) is 23.4 Å². The van der Waals surface area contributed by atoms with Crippen LogP contribution in [-0.4, -0.2) is 22.7 Å². The van der Waals surface area contributed by atoms with Crippen molar-refractivity contribution in [3.8, 4) is 0 Å². The average molecular weight is 355 g/mol. The van der Waals surface area contributed by atoms with E-state index >= 15 is 0 Å². The van der Waals surface area contributed by atoms with Crippen molar-refractivity contribution in [1.82, 2.24) is 0 Å². The van der Waals surface area contributed by atoms with Gasteiger partial charge in [0.1, 0.15) is 0 Å². The Hall–Kier alpha value is -1.43. The van der Waals surface area contributed by atoms with Gasteiger partial charge >= 0.3 is 0 Å². The van der Waals surface area contributed by atoms with Crippen molar-refractivity contribution < 1.29 is 9.72 Å². The van der Waals surface area contributed by atoms with Crippen LogP contribution >= 0.6 is 15.9 Å². The molecule has 6 heteroatoms. The molecule has 0 bridgehead atoms. The van der Waals surface area contributed by atoms with Crippen molar-refractivity contribution in [3.05, 3.63) is 33.9 Å². The maximum absolute atomic E-state index is 12.3. The van der Waals surface area contributed by atoms with Gasteiger partial charge in [-0.05, 0) is 29.9 Å². The molecule has 1 amide bonds. The lowest BCUT2D eigenvalue weighted by Gasteiger charge is -2.34. The van der Waals surface area contributed by atoms with Crippen LogP contribution < -0.4 is 4.90 Å².